The molecule has 30 heavy (non-hydrogen) atoms. The number of nitrogens with one attached hydrogen (secondary N) is 1. The minimum atomic E-state index is -0.0668. The molecule has 0 unspecified atom stereocenters. The molecule has 0 aliphatic rings. The van der Waals surface area contributed by atoms with Crippen molar-refractivity contribution >= 4 is 23.6 Å². The van der Waals surface area contributed by atoms with Gasteiger partial charge in [-0.1, -0.05) is 27.4 Å². The molecule has 0 atom stereocenters. The highest BCUT2D eigenvalue weighted by atomic mass is 16.1. The van der Waals surface area contributed by atoms with Crippen LogP contribution in [0.25, 0.3) is 12.2 Å². The van der Waals surface area contributed by atoms with Gasteiger partial charge in [0.25, 0.3) is 5.56 Å². The summed E-state index contributed by atoms with van der Waals surface area (Å²) in [7, 11) is 0. The maximum absolute atomic E-state index is 13.0. The summed E-state index contributed by atoms with van der Waals surface area (Å²) >= 11 is 0. The van der Waals surface area contributed by atoms with Gasteiger partial charge < -0.3 is 4.90 Å². The van der Waals surface area contributed by atoms with Crippen LogP contribution in [0.5, 0.6) is 0 Å². The highest BCUT2D eigenvalue weighted by Gasteiger charge is 2.17. The Morgan fingerprint density at radius 1 is 1.17 bits per heavy atom. The fourth-order valence-corrected chi connectivity index (χ4v) is 4.08. The minimum absolute atomic E-state index is 0.0668. The number of rotatable bonds is 6. The maximum Gasteiger partial charge on any atom is 0.276 e. The molecule has 0 amide bonds. The Kier molecular flexibility index (Phi) is 6.15. The molecule has 0 saturated heterocycles. The Morgan fingerprint density at radius 2 is 1.77 bits per heavy atom. The molecule has 160 valence electrons. The highest BCUT2D eigenvalue weighted by Crippen LogP contribution is 2.29. The van der Waals surface area contributed by atoms with E-state index in [0.29, 0.717) is 22.8 Å². The Morgan fingerprint density at radius 3 is 2.27 bits per heavy atom. The van der Waals surface area contributed by atoms with Crippen molar-refractivity contribution in [1.82, 2.24) is 14.6 Å². The number of benzene rings is 1. The average Bonchev–Trinajstić information content (AvgIpc) is 3.01. The Labute approximate surface area is 178 Å². The summed E-state index contributed by atoms with van der Waals surface area (Å²) in [4.78, 5) is 25.2. The van der Waals surface area contributed by atoms with E-state index in [4.69, 9.17) is 9.98 Å². The topological polar surface area (TPSA) is 65.8 Å². The van der Waals surface area contributed by atoms with Crippen LogP contribution in [0.1, 0.15) is 62.9 Å². The lowest BCUT2D eigenvalue weighted by Gasteiger charge is -2.22. The second-order valence-electron chi connectivity index (χ2n) is 8.10. The van der Waals surface area contributed by atoms with Crippen molar-refractivity contribution in [3.63, 3.8) is 0 Å². The highest BCUT2D eigenvalue weighted by molar-refractivity contribution is 5.63. The zero-order valence-corrected chi connectivity index (χ0v) is 19.3. The molecule has 0 bridgehead atoms. The molecule has 1 N–H and O–H groups in total. The van der Waals surface area contributed by atoms with Gasteiger partial charge in [0.2, 0.25) is 0 Å². The van der Waals surface area contributed by atoms with Gasteiger partial charge in [-0.2, -0.15) is 4.52 Å². The summed E-state index contributed by atoms with van der Waals surface area (Å²) in [5.74, 6) is 0.158. The van der Waals surface area contributed by atoms with E-state index >= 15 is 0 Å². The van der Waals surface area contributed by atoms with E-state index in [0.717, 1.165) is 41.2 Å². The first-order valence-corrected chi connectivity index (χ1v) is 10.8. The van der Waals surface area contributed by atoms with Gasteiger partial charge in [-0.3, -0.25) is 9.89 Å². The zero-order valence-electron chi connectivity index (χ0n) is 19.3. The molecule has 3 aromatic rings. The molecule has 3 rings (SSSR count). The van der Waals surface area contributed by atoms with Gasteiger partial charge in [0.05, 0.1) is 16.7 Å². The van der Waals surface area contributed by atoms with Crippen LogP contribution >= 0.6 is 0 Å². The molecule has 6 heteroatoms. The predicted molar refractivity (Wildman–Crippen MR) is 125 cm³/mol. The molecule has 0 aliphatic heterocycles. The van der Waals surface area contributed by atoms with Crippen molar-refractivity contribution in [2.24, 2.45) is 4.99 Å². The smallest absolute Gasteiger partial charge is 0.276 e. The molecule has 6 nitrogen and oxygen atoms in total. The molecule has 0 spiro atoms. The lowest BCUT2D eigenvalue weighted by Crippen LogP contribution is -2.24. The molecular formula is C24H33N5O. The van der Waals surface area contributed by atoms with Crippen molar-refractivity contribution in [2.45, 2.75) is 60.8 Å². The van der Waals surface area contributed by atoms with E-state index in [1.165, 1.54) is 10.2 Å². The average molecular weight is 408 g/mol. The largest absolute Gasteiger partial charge is 0.372 e. The Hall–Kier alpha value is -2.89. The summed E-state index contributed by atoms with van der Waals surface area (Å²) < 4.78 is 1.49. The van der Waals surface area contributed by atoms with E-state index in [1.54, 1.807) is 0 Å². The van der Waals surface area contributed by atoms with Crippen LogP contribution in [0.4, 0.5) is 11.4 Å². The van der Waals surface area contributed by atoms with Gasteiger partial charge in [-0.15, -0.1) is 0 Å². The summed E-state index contributed by atoms with van der Waals surface area (Å²) in [6, 6.07) is 4.34. The normalized spacial score (nSPS) is 12.3. The van der Waals surface area contributed by atoms with E-state index in [1.807, 2.05) is 6.92 Å². The van der Waals surface area contributed by atoms with Gasteiger partial charge >= 0.3 is 0 Å². The van der Waals surface area contributed by atoms with E-state index < -0.39 is 0 Å². The van der Waals surface area contributed by atoms with Crippen LogP contribution in [-0.4, -0.2) is 27.7 Å². The molecular weight excluding hydrogens is 374 g/mol. The molecule has 1 aromatic carbocycles. The van der Waals surface area contributed by atoms with E-state index in [2.05, 4.69) is 70.3 Å². The van der Waals surface area contributed by atoms with Gasteiger partial charge in [-0.25, -0.2) is 9.98 Å². The SMILES string of the molecule is C=c1[nH]n2c(=O)c(CC)c(C(C)C)nc2c1=Nc1c(C)cc(N(CC)CC)cc1C. The standard InChI is InChI=1S/C24H33N5O/c1-9-19-20(14(4)5)26-23-22(17(8)27-29(23)24(19)30)25-21-15(6)12-18(13-16(21)7)28(10-2)11-3/h12-14,27H,8-11H2,1-7H3. The first kappa shape index (κ1) is 21.8. The van der Waals surface area contributed by atoms with Gasteiger partial charge in [0.1, 0.15) is 5.36 Å². The summed E-state index contributed by atoms with van der Waals surface area (Å²) in [5, 5.41) is 4.29. The number of hydrogen-bond acceptors (Lipinski definition) is 4. The van der Waals surface area contributed by atoms with Crippen LogP contribution in [-0.2, 0) is 6.42 Å². The monoisotopic (exact) mass is 407 g/mol. The van der Waals surface area contributed by atoms with Crippen molar-refractivity contribution in [2.75, 3.05) is 18.0 Å². The Balaban J connectivity index is 2.31. The van der Waals surface area contributed by atoms with Crippen molar-refractivity contribution < 1.29 is 0 Å². The molecule has 0 radical (unpaired) electrons. The second-order valence-corrected chi connectivity index (χ2v) is 8.10. The quantitative estimate of drug-likeness (QED) is 0.680. The van der Waals surface area contributed by atoms with Crippen LogP contribution in [0.15, 0.2) is 21.9 Å². The fourth-order valence-electron chi connectivity index (χ4n) is 4.08. The van der Waals surface area contributed by atoms with Crippen molar-refractivity contribution in [1.29, 1.82) is 0 Å². The summed E-state index contributed by atoms with van der Waals surface area (Å²) in [6.45, 7) is 20.6. The second kappa shape index (κ2) is 8.46. The maximum atomic E-state index is 13.0. The number of aromatic nitrogens is 3. The van der Waals surface area contributed by atoms with E-state index in [-0.39, 0.29) is 11.5 Å². The lowest BCUT2D eigenvalue weighted by molar-refractivity contribution is 0.763. The van der Waals surface area contributed by atoms with Crippen LogP contribution < -0.4 is 21.2 Å². The first-order chi connectivity index (χ1) is 14.2. The first-order valence-electron chi connectivity index (χ1n) is 10.8. The molecule has 0 aliphatic carbocycles. The minimum Gasteiger partial charge on any atom is -0.372 e. The van der Waals surface area contributed by atoms with Crippen LogP contribution in [0, 0.1) is 13.8 Å². The number of H-pyrrole nitrogens is 1. The van der Waals surface area contributed by atoms with Gasteiger partial charge in [-0.05, 0) is 63.3 Å². The van der Waals surface area contributed by atoms with Crippen molar-refractivity contribution in [3.05, 3.63) is 55.6 Å². The van der Waals surface area contributed by atoms with Crippen molar-refractivity contribution in [3.8, 4) is 0 Å². The summed E-state index contributed by atoms with van der Waals surface area (Å²) in [6.07, 6.45) is 0.644. The lowest BCUT2D eigenvalue weighted by atomic mass is 10.0. The third kappa shape index (κ3) is 3.66. The predicted octanol–water partition coefficient (Wildman–Crippen LogP) is 3.53. The number of aromatic amines is 1. The van der Waals surface area contributed by atoms with Crippen LogP contribution in [0.2, 0.25) is 0 Å². The third-order valence-electron chi connectivity index (χ3n) is 5.68. The third-order valence-corrected chi connectivity index (χ3v) is 5.68. The molecule has 0 fully saturated rings. The number of fused-ring (bicyclic) bond motifs is 1. The molecule has 2 aromatic heterocycles. The Bertz CT molecular complexity index is 1220. The van der Waals surface area contributed by atoms with Gasteiger partial charge in [0, 0.05) is 24.3 Å². The zero-order chi connectivity index (χ0) is 22.2. The number of anilines is 1. The number of nitrogens with zero attached hydrogens (tertiary/aromatic N) is 4. The van der Waals surface area contributed by atoms with Gasteiger partial charge in [0.15, 0.2) is 5.65 Å². The fraction of sp³-hybridized carbons (Fsp3) is 0.458. The molecule has 0 saturated carbocycles. The molecule has 2 heterocycles. The van der Waals surface area contributed by atoms with Crippen LogP contribution in [0.3, 0.4) is 0 Å². The van der Waals surface area contributed by atoms with E-state index in [9.17, 15) is 4.79 Å². The number of aryl methyl sites for hydroxylation is 2. The summed E-state index contributed by atoms with van der Waals surface area (Å²) in [5.41, 5.74) is 6.33. The number of hydrogen-bond donors (Lipinski definition) is 1.